The summed E-state index contributed by atoms with van der Waals surface area (Å²) in [5.41, 5.74) is 0.238. The van der Waals surface area contributed by atoms with Crippen LogP contribution in [0.15, 0.2) is 12.1 Å². The van der Waals surface area contributed by atoms with Gasteiger partial charge in [-0.3, -0.25) is 4.79 Å². The molecule has 1 aromatic rings. The summed E-state index contributed by atoms with van der Waals surface area (Å²) in [5, 5.41) is 4.62. The van der Waals surface area contributed by atoms with Crippen molar-refractivity contribution in [2.75, 3.05) is 32.6 Å². The zero-order valence-electron chi connectivity index (χ0n) is 11.3. The molecule has 1 rings (SSSR count). The Morgan fingerprint density at radius 1 is 1.24 bits per heavy atom. The van der Waals surface area contributed by atoms with Gasteiger partial charge in [-0.05, 0) is 6.07 Å². The van der Waals surface area contributed by atoms with E-state index in [9.17, 15) is 18.0 Å². The first kappa shape index (κ1) is 17.4. The summed E-state index contributed by atoms with van der Waals surface area (Å²) in [4.78, 5) is 11.6. The van der Waals surface area contributed by atoms with Gasteiger partial charge in [0.25, 0.3) is 0 Å². The van der Waals surface area contributed by atoms with Crippen LogP contribution < -0.4 is 20.1 Å². The quantitative estimate of drug-likeness (QED) is 0.843. The van der Waals surface area contributed by atoms with Crippen LogP contribution >= 0.6 is 11.6 Å². The van der Waals surface area contributed by atoms with Crippen molar-refractivity contribution >= 4 is 23.2 Å². The predicted octanol–water partition coefficient (Wildman–Crippen LogP) is 2.45. The normalized spacial score (nSPS) is 11.1. The monoisotopic (exact) mass is 326 g/mol. The van der Waals surface area contributed by atoms with Gasteiger partial charge in [-0.25, -0.2) is 0 Å². The molecule has 1 aromatic carbocycles. The van der Waals surface area contributed by atoms with Crippen LogP contribution in [0.2, 0.25) is 5.02 Å². The van der Waals surface area contributed by atoms with Gasteiger partial charge >= 0.3 is 6.18 Å². The number of carbonyl (C=O) groups is 1. The summed E-state index contributed by atoms with van der Waals surface area (Å²) in [5.74, 6) is -0.0269. The molecule has 0 unspecified atom stereocenters. The molecule has 0 aliphatic heterocycles. The highest BCUT2D eigenvalue weighted by molar-refractivity contribution is 6.32. The third-order valence-electron chi connectivity index (χ3n) is 2.36. The van der Waals surface area contributed by atoms with Crippen molar-refractivity contribution in [2.24, 2.45) is 0 Å². The molecule has 0 saturated carbocycles. The van der Waals surface area contributed by atoms with E-state index < -0.39 is 25.2 Å². The van der Waals surface area contributed by atoms with Crippen molar-refractivity contribution in [2.45, 2.75) is 6.18 Å². The lowest BCUT2D eigenvalue weighted by molar-refractivity contribution is -0.126. The number of hydrogen-bond acceptors (Lipinski definition) is 4. The lowest BCUT2D eigenvalue weighted by atomic mass is 10.2. The summed E-state index contributed by atoms with van der Waals surface area (Å²) < 4.78 is 45.9. The van der Waals surface area contributed by atoms with Crippen LogP contribution in [0.5, 0.6) is 11.5 Å². The van der Waals surface area contributed by atoms with Crippen molar-refractivity contribution < 1.29 is 27.4 Å². The van der Waals surface area contributed by atoms with Gasteiger partial charge in [0, 0.05) is 6.07 Å². The highest BCUT2D eigenvalue weighted by Crippen LogP contribution is 2.35. The molecule has 1 amide bonds. The summed E-state index contributed by atoms with van der Waals surface area (Å²) in [7, 11) is 2.79. The van der Waals surface area contributed by atoms with Gasteiger partial charge in [0.2, 0.25) is 5.91 Å². The Kier molecular flexibility index (Phi) is 6.10. The molecular weight excluding hydrogens is 313 g/mol. The zero-order chi connectivity index (χ0) is 16.0. The maximum absolute atomic E-state index is 11.9. The molecular formula is C12H14ClF3N2O3. The average molecular weight is 327 g/mol. The third kappa shape index (κ3) is 5.68. The van der Waals surface area contributed by atoms with E-state index in [1.807, 2.05) is 5.32 Å². The van der Waals surface area contributed by atoms with E-state index in [0.29, 0.717) is 5.75 Å². The standard InChI is InChI=1S/C12H14ClF3N2O3/c1-20-9-4-10(21-2)8(3-7(9)13)18-11(19)5-17-6-12(14,15)16/h3-4,17H,5-6H2,1-2H3,(H,18,19). The van der Waals surface area contributed by atoms with Gasteiger partial charge in [0.1, 0.15) is 11.5 Å². The Morgan fingerprint density at radius 3 is 2.38 bits per heavy atom. The Balaban J connectivity index is 2.69. The van der Waals surface area contributed by atoms with Crippen LogP contribution in [-0.2, 0) is 4.79 Å². The van der Waals surface area contributed by atoms with E-state index in [4.69, 9.17) is 21.1 Å². The first-order valence-electron chi connectivity index (χ1n) is 5.75. The maximum atomic E-state index is 11.9. The minimum atomic E-state index is -4.37. The summed E-state index contributed by atoms with van der Waals surface area (Å²) >= 11 is 5.91. The van der Waals surface area contributed by atoms with Gasteiger partial charge in [0.05, 0.1) is 38.0 Å². The maximum Gasteiger partial charge on any atom is 0.401 e. The Morgan fingerprint density at radius 2 is 1.86 bits per heavy atom. The Labute approximate surface area is 124 Å². The second-order valence-electron chi connectivity index (χ2n) is 3.95. The smallest absolute Gasteiger partial charge is 0.401 e. The van der Waals surface area contributed by atoms with E-state index in [1.165, 1.54) is 26.4 Å². The number of nitrogens with one attached hydrogen (secondary N) is 2. The molecule has 0 aromatic heterocycles. The molecule has 9 heteroatoms. The van der Waals surface area contributed by atoms with Crippen molar-refractivity contribution in [3.63, 3.8) is 0 Å². The van der Waals surface area contributed by atoms with Gasteiger partial charge in [0.15, 0.2) is 0 Å². The van der Waals surface area contributed by atoms with E-state index in [2.05, 4.69) is 5.32 Å². The molecule has 0 atom stereocenters. The number of ether oxygens (including phenoxy) is 2. The number of carbonyl (C=O) groups excluding carboxylic acids is 1. The first-order chi connectivity index (χ1) is 9.76. The molecule has 0 bridgehead atoms. The van der Waals surface area contributed by atoms with Crippen molar-refractivity contribution in [1.82, 2.24) is 5.32 Å². The second-order valence-corrected chi connectivity index (χ2v) is 4.36. The predicted molar refractivity (Wildman–Crippen MR) is 72.1 cm³/mol. The van der Waals surface area contributed by atoms with Crippen LogP contribution in [-0.4, -0.2) is 39.4 Å². The van der Waals surface area contributed by atoms with Crippen molar-refractivity contribution in [3.8, 4) is 11.5 Å². The third-order valence-corrected chi connectivity index (χ3v) is 2.65. The number of benzene rings is 1. The fourth-order valence-corrected chi connectivity index (χ4v) is 1.71. The second kappa shape index (κ2) is 7.37. The minimum absolute atomic E-state index is 0.233. The molecule has 0 aliphatic carbocycles. The molecule has 0 spiro atoms. The SMILES string of the molecule is COc1cc(OC)c(NC(=O)CNCC(F)(F)F)cc1Cl. The van der Waals surface area contributed by atoms with Crippen LogP contribution in [0.25, 0.3) is 0 Å². The molecule has 0 heterocycles. The molecule has 21 heavy (non-hydrogen) atoms. The highest BCUT2D eigenvalue weighted by atomic mass is 35.5. The molecule has 5 nitrogen and oxygen atoms in total. The number of alkyl halides is 3. The van der Waals surface area contributed by atoms with Crippen molar-refractivity contribution in [1.29, 1.82) is 0 Å². The fraction of sp³-hybridized carbons (Fsp3) is 0.417. The fourth-order valence-electron chi connectivity index (χ4n) is 1.47. The molecule has 2 N–H and O–H groups in total. The number of halogens is 4. The molecule has 0 radical (unpaired) electrons. The molecule has 0 saturated heterocycles. The van der Waals surface area contributed by atoms with Gasteiger partial charge in [-0.1, -0.05) is 11.6 Å². The Bertz CT molecular complexity index is 509. The van der Waals surface area contributed by atoms with E-state index in [0.717, 1.165) is 0 Å². The van der Waals surface area contributed by atoms with Crippen LogP contribution in [0, 0.1) is 0 Å². The minimum Gasteiger partial charge on any atom is -0.495 e. The topological polar surface area (TPSA) is 59.6 Å². The summed E-state index contributed by atoms with van der Waals surface area (Å²) in [6.45, 7) is -1.74. The molecule has 0 fully saturated rings. The lowest BCUT2D eigenvalue weighted by Crippen LogP contribution is -2.35. The highest BCUT2D eigenvalue weighted by Gasteiger charge is 2.26. The van der Waals surface area contributed by atoms with Gasteiger partial charge in [-0.15, -0.1) is 0 Å². The number of amides is 1. The van der Waals surface area contributed by atoms with Crippen LogP contribution in [0.3, 0.4) is 0 Å². The number of hydrogen-bond donors (Lipinski definition) is 2. The van der Waals surface area contributed by atoms with Crippen LogP contribution in [0.4, 0.5) is 18.9 Å². The van der Waals surface area contributed by atoms with E-state index >= 15 is 0 Å². The average Bonchev–Trinajstić information content (AvgIpc) is 2.37. The summed E-state index contributed by atoms with van der Waals surface area (Å²) in [6, 6.07) is 2.85. The number of anilines is 1. The zero-order valence-corrected chi connectivity index (χ0v) is 12.1. The number of rotatable bonds is 6. The number of methoxy groups -OCH3 is 2. The molecule has 118 valence electrons. The van der Waals surface area contributed by atoms with Crippen LogP contribution in [0.1, 0.15) is 0 Å². The van der Waals surface area contributed by atoms with E-state index in [-0.39, 0.29) is 16.5 Å². The van der Waals surface area contributed by atoms with Gasteiger partial charge < -0.3 is 20.1 Å². The largest absolute Gasteiger partial charge is 0.495 e. The Hall–Kier alpha value is -1.67. The van der Waals surface area contributed by atoms with Gasteiger partial charge in [-0.2, -0.15) is 13.2 Å². The lowest BCUT2D eigenvalue weighted by Gasteiger charge is -2.13. The van der Waals surface area contributed by atoms with Crippen molar-refractivity contribution in [3.05, 3.63) is 17.2 Å². The first-order valence-corrected chi connectivity index (χ1v) is 6.13. The summed E-state index contributed by atoms with van der Waals surface area (Å²) in [6.07, 6.45) is -4.37. The van der Waals surface area contributed by atoms with E-state index in [1.54, 1.807) is 0 Å². The molecule has 0 aliphatic rings.